The topological polar surface area (TPSA) is 78.5 Å². The highest BCUT2D eigenvalue weighted by molar-refractivity contribution is 5.76. The molecule has 0 radical (unpaired) electrons. The van der Waals surface area contributed by atoms with Gasteiger partial charge in [0.1, 0.15) is 0 Å². The van der Waals surface area contributed by atoms with Gasteiger partial charge in [-0.15, -0.1) is 0 Å². The summed E-state index contributed by atoms with van der Waals surface area (Å²) >= 11 is 0. The van der Waals surface area contributed by atoms with Crippen molar-refractivity contribution in [3.63, 3.8) is 0 Å². The van der Waals surface area contributed by atoms with E-state index in [0.29, 0.717) is 0 Å². The first-order valence-corrected chi connectivity index (χ1v) is 5.67. The van der Waals surface area contributed by atoms with Gasteiger partial charge in [0.25, 0.3) is 0 Å². The molecular weight excluding hydrogens is 228 g/mol. The number of anilines is 2. The SMILES string of the molecule is c1cc2c(cn1)NC(c1nc3ccncc3[nH]1)N2. The zero-order valence-electron chi connectivity index (χ0n) is 9.38. The van der Waals surface area contributed by atoms with Crippen molar-refractivity contribution >= 4 is 22.4 Å². The van der Waals surface area contributed by atoms with Crippen LogP contribution in [0.5, 0.6) is 0 Å². The van der Waals surface area contributed by atoms with Crippen molar-refractivity contribution in [1.82, 2.24) is 19.9 Å². The van der Waals surface area contributed by atoms with Crippen LogP contribution < -0.4 is 10.6 Å². The number of fused-ring (bicyclic) bond motifs is 2. The molecule has 6 heteroatoms. The fourth-order valence-electron chi connectivity index (χ4n) is 2.13. The van der Waals surface area contributed by atoms with Gasteiger partial charge in [-0.2, -0.15) is 0 Å². The zero-order valence-corrected chi connectivity index (χ0v) is 9.38. The van der Waals surface area contributed by atoms with Crippen LogP contribution in [0.1, 0.15) is 12.0 Å². The third-order valence-corrected chi connectivity index (χ3v) is 3.00. The summed E-state index contributed by atoms with van der Waals surface area (Å²) in [7, 11) is 0. The fraction of sp³-hybridized carbons (Fsp3) is 0.0833. The second kappa shape index (κ2) is 3.43. The smallest absolute Gasteiger partial charge is 0.157 e. The van der Waals surface area contributed by atoms with Gasteiger partial charge in [-0.1, -0.05) is 0 Å². The Hall–Kier alpha value is -2.63. The summed E-state index contributed by atoms with van der Waals surface area (Å²) in [6.07, 6.45) is 7.01. The summed E-state index contributed by atoms with van der Waals surface area (Å²) in [5.41, 5.74) is 3.87. The van der Waals surface area contributed by atoms with Crippen LogP contribution >= 0.6 is 0 Å². The van der Waals surface area contributed by atoms with E-state index < -0.39 is 0 Å². The molecule has 6 nitrogen and oxygen atoms in total. The van der Waals surface area contributed by atoms with Crippen LogP contribution in [0.25, 0.3) is 11.0 Å². The van der Waals surface area contributed by atoms with Crippen LogP contribution in [0.2, 0.25) is 0 Å². The lowest BCUT2D eigenvalue weighted by Crippen LogP contribution is -2.13. The average molecular weight is 238 g/mol. The molecule has 0 aliphatic carbocycles. The lowest BCUT2D eigenvalue weighted by Gasteiger charge is -2.08. The molecule has 1 atom stereocenters. The molecule has 3 aromatic heterocycles. The summed E-state index contributed by atoms with van der Waals surface area (Å²) in [4.78, 5) is 15.9. The van der Waals surface area contributed by atoms with Crippen molar-refractivity contribution in [3.05, 3.63) is 42.7 Å². The number of nitrogens with one attached hydrogen (secondary N) is 3. The molecule has 0 aromatic carbocycles. The highest BCUT2D eigenvalue weighted by Crippen LogP contribution is 2.33. The zero-order chi connectivity index (χ0) is 11.9. The molecule has 0 spiro atoms. The molecule has 1 unspecified atom stereocenters. The average Bonchev–Trinajstić information content (AvgIpc) is 3.02. The van der Waals surface area contributed by atoms with E-state index in [1.54, 1.807) is 24.8 Å². The first kappa shape index (κ1) is 9.41. The molecule has 4 heterocycles. The third kappa shape index (κ3) is 1.32. The first-order valence-electron chi connectivity index (χ1n) is 5.67. The van der Waals surface area contributed by atoms with E-state index >= 15 is 0 Å². The van der Waals surface area contributed by atoms with Gasteiger partial charge in [-0.3, -0.25) is 9.97 Å². The largest absolute Gasteiger partial charge is 0.357 e. The van der Waals surface area contributed by atoms with Gasteiger partial charge >= 0.3 is 0 Å². The number of aromatic amines is 1. The molecule has 0 saturated carbocycles. The molecule has 0 bridgehead atoms. The predicted molar refractivity (Wildman–Crippen MR) is 68.1 cm³/mol. The number of imidazole rings is 1. The minimum Gasteiger partial charge on any atom is -0.357 e. The monoisotopic (exact) mass is 238 g/mol. The fourth-order valence-corrected chi connectivity index (χ4v) is 2.13. The highest BCUT2D eigenvalue weighted by atomic mass is 15.2. The summed E-state index contributed by atoms with van der Waals surface area (Å²) < 4.78 is 0. The van der Waals surface area contributed by atoms with Crippen molar-refractivity contribution in [2.24, 2.45) is 0 Å². The minimum atomic E-state index is -0.0587. The van der Waals surface area contributed by atoms with Gasteiger partial charge in [-0.05, 0) is 12.1 Å². The Bertz CT molecular complexity index is 661. The van der Waals surface area contributed by atoms with Crippen molar-refractivity contribution in [1.29, 1.82) is 0 Å². The molecule has 3 aromatic rings. The maximum atomic E-state index is 4.54. The molecular formula is C12H10N6. The van der Waals surface area contributed by atoms with E-state index in [1.165, 1.54) is 0 Å². The lowest BCUT2D eigenvalue weighted by molar-refractivity contribution is 0.858. The Morgan fingerprint density at radius 3 is 2.67 bits per heavy atom. The van der Waals surface area contributed by atoms with E-state index in [2.05, 4.69) is 30.6 Å². The van der Waals surface area contributed by atoms with Crippen molar-refractivity contribution in [2.75, 3.05) is 10.6 Å². The minimum absolute atomic E-state index is 0.0587. The van der Waals surface area contributed by atoms with E-state index in [-0.39, 0.29) is 6.17 Å². The molecule has 1 aliphatic heterocycles. The Morgan fingerprint density at radius 1 is 0.944 bits per heavy atom. The number of rotatable bonds is 1. The second-order valence-electron chi connectivity index (χ2n) is 4.16. The number of H-pyrrole nitrogens is 1. The quantitative estimate of drug-likeness (QED) is 0.603. The number of aromatic nitrogens is 4. The number of hydrogen-bond acceptors (Lipinski definition) is 5. The van der Waals surface area contributed by atoms with Crippen molar-refractivity contribution < 1.29 is 0 Å². The maximum absolute atomic E-state index is 4.54. The van der Waals surface area contributed by atoms with E-state index in [1.807, 2.05) is 12.1 Å². The summed E-state index contributed by atoms with van der Waals surface area (Å²) in [6.45, 7) is 0. The van der Waals surface area contributed by atoms with Gasteiger partial charge < -0.3 is 15.6 Å². The molecule has 4 rings (SSSR count). The molecule has 18 heavy (non-hydrogen) atoms. The standard InChI is InChI=1S/C12H10N6/c1-3-13-5-9-7(1)15-11(17-9)12-16-8-2-4-14-6-10(8)18-12/h1-6,11,15,17H,(H,16,18). The summed E-state index contributed by atoms with van der Waals surface area (Å²) in [6, 6.07) is 3.82. The van der Waals surface area contributed by atoms with Gasteiger partial charge in [0.05, 0.1) is 34.8 Å². The summed E-state index contributed by atoms with van der Waals surface area (Å²) in [5.74, 6) is 0.842. The second-order valence-corrected chi connectivity index (χ2v) is 4.16. The summed E-state index contributed by atoms with van der Waals surface area (Å²) in [5, 5.41) is 6.67. The van der Waals surface area contributed by atoms with Gasteiger partial charge in [0.15, 0.2) is 12.0 Å². The normalized spacial score (nSPS) is 17.2. The van der Waals surface area contributed by atoms with Crippen molar-refractivity contribution in [2.45, 2.75) is 6.17 Å². The highest BCUT2D eigenvalue weighted by Gasteiger charge is 2.23. The van der Waals surface area contributed by atoms with E-state index in [9.17, 15) is 0 Å². The Kier molecular flexibility index (Phi) is 1.79. The molecule has 3 N–H and O–H groups in total. The Labute approximate surface area is 102 Å². The van der Waals surface area contributed by atoms with E-state index in [0.717, 1.165) is 28.2 Å². The Morgan fingerprint density at radius 2 is 1.78 bits per heavy atom. The van der Waals surface area contributed by atoms with Crippen LogP contribution in [0.3, 0.4) is 0 Å². The molecule has 1 aliphatic rings. The number of hydrogen-bond donors (Lipinski definition) is 3. The Balaban J connectivity index is 1.73. The molecule has 88 valence electrons. The number of pyridine rings is 2. The van der Waals surface area contributed by atoms with Gasteiger partial charge in [0.2, 0.25) is 0 Å². The van der Waals surface area contributed by atoms with E-state index in [4.69, 9.17) is 0 Å². The van der Waals surface area contributed by atoms with Gasteiger partial charge in [-0.25, -0.2) is 4.98 Å². The van der Waals surface area contributed by atoms with Gasteiger partial charge in [0, 0.05) is 12.4 Å². The van der Waals surface area contributed by atoms with Crippen LogP contribution in [0.15, 0.2) is 36.9 Å². The maximum Gasteiger partial charge on any atom is 0.157 e. The van der Waals surface area contributed by atoms with Crippen molar-refractivity contribution in [3.8, 4) is 0 Å². The molecule has 0 fully saturated rings. The first-order chi connectivity index (χ1) is 8.90. The number of nitrogens with zero attached hydrogens (tertiary/aromatic N) is 3. The van der Waals surface area contributed by atoms with Crippen LogP contribution in [0.4, 0.5) is 11.4 Å². The van der Waals surface area contributed by atoms with Crippen LogP contribution in [-0.2, 0) is 0 Å². The molecule has 0 amide bonds. The third-order valence-electron chi connectivity index (χ3n) is 3.00. The lowest BCUT2D eigenvalue weighted by atomic mass is 10.4. The van der Waals surface area contributed by atoms with Crippen LogP contribution in [0, 0.1) is 0 Å². The van der Waals surface area contributed by atoms with Crippen LogP contribution in [-0.4, -0.2) is 19.9 Å². The predicted octanol–water partition coefficient (Wildman–Crippen LogP) is 1.89. The molecule has 0 saturated heterocycles.